The van der Waals surface area contributed by atoms with Crippen LogP contribution >= 0.6 is 0 Å². The van der Waals surface area contributed by atoms with Gasteiger partial charge in [-0.3, -0.25) is 19.2 Å². The summed E-state index contributed by atoms with van der Waals surface area (Å²) in [5.74, 6) is -1.28. The molecule has 0 heterocycles. The van der Waals surface area contributed by atoms with Crippen LogP contribution in [0.15, 0.2) is 30.3 Å². The van der Waals surface area contributed by atoms with Crippen molar-refractivity contribution in [2.45, 2.75) is 92.4 Å². The number of nitrogens with one attached hydrogen (secondary N) is 3. The van der Waals surface area contributed by atoms with Crippen molar-refractivity contribution in [2.75, 3.05) is 27.7 Å². The molecule has 232 valence electrons. The zero-order valence-corrected chi connectivity index (χ0v) is 27.2. The van der Waals surface area contributed by atoms with Crippen molar-refractivity contribution >= 4 is 23.6 Å². The predicted octanol–water partition coefficient (Wildman–Crippen LogP) is 3.09. The van der Waals surface area contributed by atoms with Crippen molar-refractivity contribution in [3.05, 3.63) is 35.9 Å². The van der Waals surface area contributed by atoms with Crippen LogP contribution in [0.5, 0.6) is 0 Å². The minimum atomic E-state index is -0.853. The average molecular weight is 574 g/mol. The van der Waals surface area contributed by atoms with E-state index in [1.54, 1.807) is 21.1 Å². The van der Waals surface area contributed by atoms with Crippen molar-refractivity contribution in [3.63, 3.8) is 0 Å². The molecule has 0 aliphatic carbocycles. The Morgan fingerprint density at radius 1 is 0.732 bits per heavy atom. The summed E-state index contributed by atoms with van der Waals surface area (Å²) in [6.45, 7) is 15.9. The predicted molar refractivity (Wildman–Crippen MR) is 165 cm³/mol. The molecule has 0 aliphatic rings. The van der Waals surface area contributed by atoms with E-state index in [4.69, 9.17) is 0 Å². The second-order valence-electron chi connectivity index (χ2n) is 12.5. The van der Waals surface area contributed by atoms with Gasteiger partial charge in [-0.2, -0.15) is 0 Å². The van der Waals surface area contributed by atoms with E-state index < -0.39 is 24.2 Å². The lowest BCUT2D eigenvalue weighted by atomic mass is 9.96. The Morgan fingerprint density at radius 2 is 1.27 bits per heavy atom. The van der Waals surface area contributed by atoms with E-state index in [1.807, 2.05) is 85.7 Å². The van der Waals surface area contributed by atoms with E-state index in [1.165, 1.54) is 9.80 Å². The number of amides is 4. The number of hydrogen-bond donors (Lipinski definition) is 3. The topological polar surface area (TPSA) is 111 Å². The molecule has 9 heteroatoms. The molecule has 0 saturated heterocycles. The molecule has 0 saturated carbocycles. The first-order valence-corrected chi connectivity index (χ1v) is 15.0. The molecule has 41 heavy (non-hydrogen) atoms. The van der Waals surface area contributed by atoms with Crippen molar-refractivity contribution < 1.29 is 19.2 Å². The van der Waals surface area contributed by atoms with Crippen LogP contribution in [0.3, 0.4) is 0 Å². The molecule has 0 bridgehead atoms. The second kappa shape index (κ2) is 17.1. The number of rotatable bonds is 16. The molecule has 1 aromatic rings. The molecule has 0 spiro atoms. The second-order valence-corrected chi connectivity index (χ2v) is 12.5. The fourth-order valence-electron chi connectivity index (χ4n) is 5.13. The van der Waals surface area contributed by atoms with Gasteiger partial charge in [-0.05, 0) is 49.1 Å². The number of hydrogen-bond acceptors (Lipinski definition) is 5. The minimum absolute atomic E-state index is 0.0446. The summed E-state index contributed by atoms with van der Waals surface area (Å²) in [4.78, 5) is 57.0. The zero-order valence-electron chi connectivity index (χ0n) is 27.2. The van der Waals surface area contributed by atoms with E-state index in [0.717, 1.165) is 5.56 Å². The summed E-state index contributed by atoms with van der Waals surface area (Å²) in [5.41, 5.74) is 1.12. The van der Waals surface area contributed by atoms with Gasteiger partial charge in [0, 0.05) is 20.6 Å². The van der Waals surface area contributed by atoms with Gasteiger partial charge in [-0.25, -0.2) is 0 Å². The molecule has 0 aromatic heterocycles. The summed E-state index contributed by atoms with van der Waals surface area (Å²) in [6.07, 6.45) is 1.14. The van der Waals surface area contributed by atoms with Gasteiger partial charge in [0.15, 0.2) is 0 Å². The first-order valence-electron chi connectivity index (χ1n) is 15.0. The summed E-state index contributed by atoms with van der Waals surface area (Å²) >= 11 is 0. The molecule has 1 aromatic carbocycles. The summed E-state index contributed by atoms with van der Waals surface area (Å²) in [5, 5.41) is 8.98. The van der Waals surface area contributed by atoms with E-state index in [9.17, 15) is 19.2 Å². The van der Waals surface area contributed by atoms with Gasteiger partial charge in [-0.1, -0.05) is 85.7 Å². The lowest BCUT2D eigenvalue weighted by Gasteiger charge is -2.36. The van der Waals surface area contributed by atoms with Gasteiger partial charge >= 0.3 is 0 Å². The molecule has 4 atom stereocenters. The third kappa shape index (κ3) is 10.8. The Kier molecular flexibility index (Phi) is 15.1. The summed E-state index contributed by atoms with van der Waals surface area (Å²) in [7, 11) is 5.00. The van der Waals surface area contributed by atoms with Crippen LogP contribution in [0.25, 0.3) is 0 Å². The Balaban J connectivity index is 3.10. The van der Waals surface area contributed by atoms with Crippen LogP contribution in [0.4, 0.5) is 0 Å². The largest absolute Gasteiger partial charge is 0.354 e. The van der Waals surface area contributed by atoms with Crippen molar-refractivity contribution in [2.24, 2.45) is 23.7 Å². The highest BCUT2D eigenvalue weighted by atomic mass is 16.2. The molecular formula is C32H55N5O4. The number of benzene rings is 1. The van der Waals surface area contributed by atoms with Crippen LogP contribution in [0.2, 0.25) is 0 Å². The van der Waals surface area contributed by atoms with Crippen LogP contribution < -0.4 is 16.0 Å². The molecule has 0 radical (unpaired) electrons. The lowest BCUT2D eigenvalue weighted by Crippen LogP contribution is -2.60. The standard InChI is InChI=1S/C32H55N5O4/c1-20(2)19-25(36(10)31(40)26(33-9)21(3)4)29(38)35-27(22(5)6)32(41)37(11)28(23(7)8)30(39)34-18-17-24-15-13-12-14-16-24/h12-16,20-23,25-28,33H,17-19H2,1-11H3,(H,34,39)(H,35,38). The van der Waals surface area contributed by atoms with Gasteiger partial charge in [0.25, 0.3) is 0 Å². The highest BCUT2D eigenvalue weighted by Gasteiger charge is 2.38. The zero-order chi connectivity index (χ0) is 31.4. The van der Waals surface area contributed by atoms with E-state index >= 15 is 0 Å². The van der Waals surface area contributed by atoms with Crippen LogP contribution in [-0.4, -0.2) is 85.3 Å². The normalized spacial score (nSPS) is 14.5. The summed E-state index contributed by atoms with van der Waals surface area (Å²) in [6, 6.07) is 7.18. The molecule has 0 fully saturated rings. The van der Waals surface area contributed by atoms with Crippen molar-refractivity contribution in [1.82, 2.24) is 25.8 Å². The quantitative estimate of drug-likeness (QED) is 0.282. The number of carbonyl (C=O) groups is 4. The van der Waals surface area contributed by atoms with Crippen LogP contribution in [0, 0.1) is 23.7 Å². The van der Waals surface area contributed by atoms with Crippen molar-refractivity contribution in [1.29, 1.82) is 0 Å². The summed E-state index contributed by atoms with van der Waals surface area (Å²) < 4.78 is 0. The Labute approximate surface area is 248 Å². The van der Waals surface area contributed by atoms with Gasteiger partial charge in [0.2, 0.25) is 23.6 Å². The molecule has 4 amide bonds. The van der Waals surface area contributed by atoms with Gasteiger partial charge in [0.1, 0.15) is 18.1 Å². The number of likely N-dealkylation sites (N-methyl/N-ethyl adjacent to an activating group) is 3. The molecule has 0 aliphatic heterocycles. The monoisotopic (exact) mass is 573 g/mol. The Hall–Kier alpha value is -2.94. The fraction of sp³-hybridized carbons (Fsp3) is 0.688. The van der Waals surface area contributed by atoms with Gasteiger partial charge < -0.3 is 25.8 Å². The third-order valence-electron chi connectivity index (χ3n) is 7.51. The van der Waals surface area contributed by atoms with Crippen molar-refractivity contribution in [3.8, 4) is 0 Å². The maximum absolute atomic E-state index is 13.8. The smallest absolute Gasteiger partial charge is 0.245 e. The van der Waals surface area contributed by atoms with Crippen LogP contribution in [0.1, 0.15) is 67.4 Å². The number of carbonyl (C=O) groups excluding carboxylic acids is 4. The molecule has 4 unspecified atom stereocenters. The first kappa shape index (κ1) is 36.1. The Bertz CT molecular complexity index is 980. The van der Waals surface area contributed by atoms with Gasteiger partial charge in [0.05, 0.1) is 6.04 Å². The molecule has 9 nitrogen and oxygen atoms in total. The first-order chi connectivity index (χ1) is 19.1. The highest BCUT2D eigenvalue weighted by molar-refractivity contribution is 5.95. The minimum Gasteiger partial charge on any atom is -0.354 e. The average Bonchev–Trinajstić information content (AvgIpc) is 2.89. The molecule has 1 rings (SSSR count). The van der Waals surface area contributed by atoms with E-state index in [0.29, 0.717) is 19.4 Å². The molecule has 3 N–H and O–H groups in total. The SMILES string of the molecule is CNC(C(=O)N(C)C(CC(C)C)C(=O)NC(C(=O)N(C)C(C(=O)NCCc1ccccc1)C(C)C)C(C)C)C(C)C. The van der Waals surface area contributed by atoms with E-state index in [2.05, 4.69) is 16.0 Å². The lowest BCUT2D eigenvalue weighted by molar-refractivity contribution is -0.146. The molecular weight excluding hydrogens is 518 g/mol. The van der Waals surface area contributed by atoms with Gasteiger partial charge in [-0.15, -0.1) is 0 Å². The fourth-order valence-corrected chi connectivity index (χ4v) is 5.13. The maximum Gasteiger partial charge on any atom is 0.245 e. The maximum atomic E-state index is 13.8. The highest BCUT2D eigenvalue weighted by Crippen LogP contribution is 2.18. The third-order valence-corrected chi connectivity index (χ3v) is 7.51. The van der Waals surface area contributed by atoms with Crippen LogP contribution in [-0.2, 0) is 25.6 Å². The van der Waals surface area contributed by atoms with E-state index in [-0.39, 0.29) is 47.3 Å². The Morgan fingerprint density at radius 3 is 1.73 bits per heavy atom. The number of nitrogens with zero attached hydrogens (tertiary/aromatic N) is 2.